The Labute approximate surface area is 141 Å². The first-order valence-electron chi connectivity index (χ1n) is 8.14. The van der Waals surface area contributed by atoms with Gasteiger partial charge in [-0.15, -0.1) is 0 Å². The summed E-state index contributed by atoms with van der Waals surface area (Å²) in [4.78, 5) is 31.0. The van der Waals surface area contributed by atoms with E-state index in [1.54, 1.807) is 0 Å². The minimum Gasteiger partial charge on any atom is -0.368 e. The first-order valence-corrected chi connectivity index (χ1v) is 8.14. The average molecular weight is 331 g/mol. The smallest absolute Gasteiger partial charge is 0.315 e. The van der Waals surface area contributed by atoms with E-state index in [2.05, 4.69) is 20.6 Å². The summed E-state index contributed by atoms with van der Waals surface area (Å²) in [5.41, 5.74) is 8.37. The van der Waals surface area contributed by atoms with Crippen molar-refractivity contribution in [2.24, 2.45) is 11.7 Å². The van der Waals surface area contributed by atoms with Gasteiger partial charge in [0.2, 0.25) is 5.91 Å². The van der Waals surface area contributed by atoms with Crippen LogP contribution in [-0.4, -0.2) is 34.5 Å². The zero-order valence-electron chi connectivity index (χ0n) is 14.3. The molecule has 3 amide bonds. The van der Waals surface area contributed by atoms with Crippen molar-refractivity contribution in [3.8, 4) is 0 Å². The zero-order valence-corrected chi connectivity index (χ0v) is 14.3. The second-order valence-corrected chi connectivity index (χ2v) is 6.44. The van der Waals surface area contributed by atoms with Crippen molar-refractivity contribution >= 4 is 23.0 Å². The van der Waals surface area contributed by atoms with Crippen LogP contribution in [0.15, 0.2) is 18.2 Å². The lowest BCUT2D eigenvalue weighted by Crippen LogP contribution is -2.49. The molecule has 0 aliphatic carbocycles. The Morgan fingerprint density at radius 1 is 1.33 bits per heavy atom. The maximum absolute atomic E-state index is 11.9. The van der Waals surface area contributed by atoms with Gasteiger partial charge in [-0.25, -0.2) is 9.78 Å². The van der Waals surface area contributed by atoms with Gasteiger partial charge in [-0.1, -0.05) is 19.9 Å². The predicted molar refractivity (Wildman–Crippen MR) is 93.5 cm³/mol. The minimum atomic E-state index is -0.654. The molecule has 0 bridgehead atoms. The van der Waals surface area contributed by atoms with Gasteiger partial charge in [-0.05, 0) is 37.0 Å². The van der Waals surface area contributed by atoms with Crippen LogP contribution in [0.25, 0.3) is 11.0 Å². The first kappa shape index (κ1) is 17.8. The number of nitrogens with two attached hydrogens (primary N) is 1. The molecule has 1 atom stereocenters. The van der Waals surface area contributed by atoms with Gasteiger partial charge in [0.05, 0.1) is 11.0 Å². The number of carbonyl (C=O) groups is 2. The lowest BCUT2D eigenvalue weighted by molar-refractivity contribution is -0.120. The van der Waals surface area contributed by atoms with Gasteiger partial charge < -0.3 is 21.4 Å². The number of imidazole rings is 1. The number of nitrogens with zero attached hydrogens (tertiary/aromatic N) is 1. The third-order valence-corrected chi connectivity index (χ3v) is 3.69. The highest BCUT2D eigenvalue weighted by Gasteiger charge is 2.19. The number of urea groups is 1. The van der Waals surface area contributed by atoms with Crippen LogP contribution in [0.3, 0.4) is 0 Å². The van der Waals surface area contributed by atoms with E-state index < -0.39 is 18.0 Å². The van der Waals surface area contributed by atoms with Gasteiger partial charge in [0.15, 0.2) is 0 Å². The molecule has 0 saturated heterocycles. The van der Waals surface area contributed by atoms with Crippen LogP contribution >= 0.6 is 0 Å². The highest BCUT2D eigenvalue weighted by Crippen LogP contribution is 2.13. The molecule has 130 valence electrons. The quantitative estimate of drug-likeness (QED) is 0.618. The Kier molecular flexibility index (Phi) is 5.78. The van der Waals surface area contributed by atoms with E-state index in [9.17, 15) is 9.59 Å². The Bertz CT molecular complexity index is 723. The zero-order chi connectivity index (χ0) is 17.7. The lowest BCUT2D eigenvalue weighted by Gasteiger charge is -2.17. The van der Waals surface area contributed by atoms with E-state index >= 15 is 0 Å². The number of aromatic nitrogens is 2. The maximum atomic E-state index is 11.9. The number of benzene rings is 1. The molecule has 0 fully saturated rings. The van der Waals surface area contributed by atoms with Gasteiger partial charge in [-0.2, -0.15) is 0 Å². The molecular weight excluding hydrogens is 306 g/mol. The van der Waals surface area contributed by atoms with Crippen molar-refractivity contribution in [2.75, 3.05) is 6.54 Å². The third-order valence-electron chi connectivity index (χ3n) is 3.69. The Morgan fingerprint density at radius 2 is 2.08 bits per heavy atom. The second kappa shape index (κ2) is 7.81. The number of hydrogen-bond acceptors (Lipinski definition) is 3. The average Bonchev–Trinajstić information content (AvgIpc) is 2.87. The van der Waals surface area contributed by atoms with Gasteiger partial charge >= 0.3 is 6.03 Å². The molecule has 5 N–H and O–H groups in total. The molecular formula is C17H25N5O2. The van der Waals surface area contributed by atoms with Gasteiger partial charge in [0.25, 0.3) is 0 Å². The van der Waals surface area contributed by atoms with E-state index in [0.717, 1.165) is 22.4 Å². The highest BCUT2D eigenvalue weighted by molar-refractivity contribution is 5.85. The number of hydrogen-bond donors (Lipinski definition) is 4. The van der Waals surface area contributed by atoms with E-state index in [0.29, 0.717) is 19.4 Å². The summed E-state index contributed by atoms with van der Waals surface area (Å²) in [5, 5.41) is 5.34. The number of aromatic amines is 1. The van der Waals surface area contributed by atoms with Gasteiger partial charge in [0, 0.05) is 13.0 Å². The molecule has 7 heteroatoms. The fourth-order valence-corrected chi connectivity index (χ4v) is 2.52. The Hall–Kier alpha value is -2.57. The summed E-state index contributed by atoms with van der Waals surface area (Å²) >= 11 is 0. The lowest BCUT2D eigenvalue weighted by atomic mass is 10.0. The van der Waals surface area contributed by atoms with Crippen LogP contribution in [0.5, 0.6) is 0 Å². The molecule has 1 aromatic heterocycles. The standard InChI is InChI=1S/C17H25N5O2/c1-10(2)8-14(16(18)23)22-17(24)19-7-6-15-20-12-5-4-11(3)9-13(12)21-15/h4-5,9-10,14H,6-8H2,1-3H3,(H2,18,23)(H,20,21)(H2,19,22,24)/t14-/m0/s1. The summed E-state index contributed by atoms with van der Waals surface area (Å²) in [7, 11) is 0. The van der Waals surface area contributed by atoms with E-state index in [1.807, 2.05) is 39.0 Å². The van der Waals surface area contributed by atoms with E-state index in [-0.39, 0.29) is 5.92 Å². The molecule has 0 aliphatic rings. The maximum Gasteiger partial charge on any atom is 0.315 e. The fraction of sp³-hybridized carbons (Fsp3) is 0.471. The molecule has 0 saturated carbocycles. The predicted octanol–water partition coefficient (Wildman–Crippen LogP) is 1.61. The number of rotatable bonds is 7. The van der Waals surface area contributed by atoms with Gasteiger partial charge in [0.1, 0.15) is 11.9 Å². The van der Waals surface area contributed by atoms with E-state index in [4.69, 9.17) is 5.73 Å². The number of fused-ring (bicyclic) bond motifs is 1. The van der Waals surface area contributed by atoms with Gasteiger partial charge in [-0.3, -0.25) is 4.79 Å². The van der Waals surface area contributed by atoms with Crippen LogP contribution < -0.4 is 16.4 Å². The molecule has 24 heavy (non-hydrogen) atoms. The van der Waals surface area contributed by atoms with Crippen LogP contribution in [0.4, 0.5) is 4.79 Å². The largest absolute Gasteiger partial charge is 0.368 e. The molecule has 1 aromatic carbocycles. The molecule has 7 nitrogen and oxygen atoms in total. The topological polar surface area (TPSA) is 113 Å². The normalized spacial score (nSPS) is 12.3. The van der Waals surface area contributed by atoms with Crippen LogP contribution in [0.2, 0.25) is 0 Å². The molecule has 2 aromatic rings. The molecule has 0 spiro atoms. The summed E-state index contributed by atoms with van der Waals surface area (Å²) in [6.45, 7) is 6.38. The van der Waals surface area contributed by atoms with Crippen LogP contribution in [0, 0.1) is 12.8 Å². The van der Waals surface area contributed by atoms with Crippen LogP contribution in [-0.2, 0) is 11.2 Å². The van der Waals surface area contributed by atoms with Crippen LogP contribution in [0.1, 0.15) is 31.7 Å². The van der Waals surface area contributed by atoms with Crippen molar-refractivity contribution in [1.29, 1.82) is 0 Å². The molecule has 0 unspecified atom stereocenters. The minimum absolute atomic E-state index is 0.266. The number of amides is 3. The molecule has 0 radical (unpaired) electrons. The number of primary amides is 1. The number of H-pyrrole nitrogens is 1. The summed E-state index contributed by atoms with van der Waals surface area (Å²) in [5.74, 6) is 0.554. The van der Waals surface area contributed by atoms with Crippen molar-refractivity contribution in [2.45, 2.75) is 39.7 Å². The highest BCUT2D eigenvalue weighted by atomic mass is 16.2. The number of nitrogens with one attached hydrogen (secondary N) is 3. The van der Waals surface area contributed by atoms with E-state index in [1.165, 1.54) is 0 Å². The second-order valence-electron chi connectivity index (χ2n) is 6.44. The van der Waals surface area contributed by atoms with Crippen molar-refractivity contribution in [3.05, 3.63) is 29.6 Å². The third kappa shape index (κ3) is 4.97. The monoisotopic (exact) mass is 331 g/mol. The molecule has 1 heterocycles. The number of aryl methyl sites for hydroxylation is 1. The summed E-state index contributed by atoms with van der Waals surface area (Å²) in [6, 6.07) is 4.96. The fourth-order valence-electron chi connectivity index (χ4n) is 2.52. The van der Waals surface area contributed by atoms with Crippen molar-refractivity contribution in [3.63, 3.8) is 0 Å². The Morgan fingerprint density at radius 3 is 2.75 bits per heavy atom. The Balaban J connectivity index is 1.83. The number of carbonyl (C=O) groups excluding carboxylic acids is 2. The molecule has 2 rings (SSSR count). The summed E-state index contributed by atoms with van der Waals surface area (Å²) in [6.07, 6.45) is 1.10. The SMILES string of the molecule is Cc1ccc2nc(CCNC(=O)N[C@@H](CC(C)C)C(N)=O)[nH]c2c1. The van der Waals surface area contributed by atoms with Crippen molar-refractivity contribution < 1.29 is 9.59 Å². The first-order chi connectivity index (χ1) is 11.3. The summed E-state index contributed by atoms with van der Waals surface area (Å²) < 4.78 is 0. The molecule has 0 aliphatic heterocycles. The van der Waals surface area contributed by atoms with Crippen molar-refractivity contribution in [1.82, 2.24) is 20.6 Å².